The molecule has 2 aromatic rings. The number of aliphatic carboxylic acids is 1. The first-order chi connectivity index (χ1) is 10.1. The first-order valence-corrected chi connectivity index (χ1v) is 7.98. The zero-order valence-electron chi connectivity index (χ0n) is 11.7. The van der Waals surface area contributed by atoms with Crippen LogP contribution in [0.1, 0.15) is 12.8 Å². The van der Waals surface area contributed by atoms with Gasteiger partial charge in [0.1, 0.15) is 0 Å². The number of aryl methyl sites for hydroxylation is 1. The predicted molar refractivity (Wildman–Crippen MR) is 84.2 cm³/mol. The van der Waals surface area contributed by atoms with Gasteiger partial charge in [0, 0.05) is 20.3 Å². The van der Waals surface area contributed by atoms with E-state index in [0.29, 0.717) is 16.8 Å². The largest absolute Gasteiger partial charge is 0.481 e. The minimum Gasteiger partial charge on any atom is -0.481 e. The molecule has 0 amide bonds. The zero-order chi connectivity index (χ0) is 15.2. The van der Waals surface area contributed by atoms with Gasteiger partial charge in [-0.2, -0.15) is 0 Å². The number of methoxy groups -OCH3 is 1. The molecule has 0 spiro atoms. The number of benzene rings is 1. The average Bonchev–Trinajstić information content (AvgIpc) is 2.80. The molecule has 0 unspecified atom stereocenters. The maximum absolute atomic E-state index is 10.8. The Hall–Kier alpha value is -1.24. The number of carboxylic acids is 1. The van der Waals surface area contributed by atoms with E-state index in [1.807, 2.05) is 22.8 Å². The van der Waals surface area contributed by atoms with E-state index in [9.17, 15) is 4.79 Å². The Bertz CT molecular complexity index is 630. The van der Waals surface area contributed by atoms with Crippen LogP contribution in [0.3, 0.4) is 0 Å². The summed E-state index contributed by atoms with van der Waals surface area (Å²) in [6.07, 6.45) is 1.86. The van der Waals surface area contributed by atoms with Crippen LogP contribution in [-0.2, 0) is 16.1 Å². The van der Waals surface area contributed by atoms with E-state index in [1.165, 1.54) is 11.8 Å². The van der Waals surface area contributed by atoms with E-state index >= 15 is 0 Å². The molecule has 0 aliphatic carbocycles. The Morgan fingerprint density at radius 3 is 3.00 bits per heavy atom. The molecule has 0 fully saturated rings. The lowest BCUT2D eigenvalue weighted by atomic mass is 10.3. The fourth-order valence-electron chi connectivity index (χ4n) is 2.08. The first kappa shape index (κ1) is 16.1. The van der Waals surface area contributed by atoms with Gasteiger partial charge in [-0.25, -0.2) is 4.98 Å². The summed E-state index contributed by atoms with van der Waals surface area (Å²) in [5, 5.41) is 10.2. The molecule has 0 bridgehead atoms. The van der Waals surface area contributed by atoms with Gasteiger partial charge in [-0.15, -0.1) is 0 Å². The molecule has 1 aromatic carbocycles. The third-order valence-corrected chi connectivity index (χ3v) is 4.25. The Labute approximate surface area is 132 Å². The number of ether oxygens (including phenoxy) is 1. The summed E-state index contributed by atoms with van der Waals surface area (Å²) in [6.45, 7) is 1.45. The number of rotatable bonds is 8. The second-order valence-electron chi connectivity index (χ2n) is 4.54. The molecule has 2 rings (SSSR count). The summed E-state index contributed by atoms with van der Waals surface area (Å²) in [7, 11) is 1.68. The number of aromatic nitrogens is 2. The molecular formula is C14H17ClN2O3S. The predicted octanol–water partition coefficient (Wildman–Crippen LogP) is 3.29. The van der Waals surface area contributed by atoms with Gasteiger partial charge in [0.15, 0.2) is 5.16 Å². The number of carboxylic acid groups (broad SMARTS) is 1. The summed E-state index contributed by atoms with van der Waals surface area (Å²) < 4.78 is 7.05. The summed E-state index contributed by atoms with van der Waals surface area (Å²) >= 11 is 7.48. The number of carbonyl (C=O) groups is 1. The highest BCUT2D eigenvalue weighted by molar-refractivity contribution is 7.99. The van der Waals surface area contributed by atoms with Crippen molar-refractivity contribution in [1.82, 2.24) is 9.55 Å². The number of para-hydroxylation sites is 1. The normalized spacial score (nSPS) is 11.1. The Morgan fingerprint density at radius 1 is 1.48 bits per heavy atom. The number of halogens is 1. The van der Waals surface area contributed by atoms with Crippen molar-refractivity contribution in [2.45, 2.75) is 24.5 Å². The molecule has 0 aliphatic heterocycles. The van der Waals surface area contributed by atoms with Crippen LogP contribution >= 0.6 is 23.4 Å². The summed E-state index contributed by atoms with van der Waals surface area (Å²) in [6, 6.07) is 5.55. The van der Waals surface area contributed by atoms with Crippen molar-refractivity contribution >= 4 is 40.4 Å². The van der Waals surface area contributed by atoms with Gasteiger partial charge in [0.25, 0.3) is 0 Å². The molecule has 0 aliphatic rings. The maximum atomic E-state index is 10.8. The molecule has 0 saturated carbocycles. The number of hydrogen-bond donors (Lipinski definition) is 1. The van der Waals surface area contributed by atoms with E-state index in [-0.39, 0.29) is 5.75 Å². The van der Waals surface area contributed by atoms with Crippen LogP contribution in [0.5, 0.6) is 0 Å². The number of unbranched alkanes of at least 4 members (excludes halogenated alkanes) is 1. The van der Waals surface area contributed by atoms with Crippen LogP contribution in [0.15, 0.2) is 23.4 Å². The Balaban J connectivity index is 2.27. The number of fused-ring (bicyclic) bond motifs is 1. The third-order valence-electron chi connectivity index (χ3n) is 2.99. The molecule has 1 heterocycles. The second kappa shape index (κ2) is 7.68. The monoisotopic (exact) mass is 328 g/mol. The molecule has 5 nitrogen and oxygen atoms in total. The number of hydrogen-bond acceptors (Lipinski definition) is 4. The molecule has 7 heteroatoms. The zero-order valence-corrected chi connectivity index (χ0v) is 13.3. The van der Waals surface area contributed by atoms with Crippen molar-refractivity contribution in [3.63, 3.8) is 0 Å². The van der Waals surface area contributed by atoms with Crippen molar-refractivity contribution in [2.24, 2.45) is 0 Å². The lowest BCUT2D eigenvalue weighted by molar-refractivity contribution is -0.133. The fraction of sp³-hybridized carbons (Fsp3) is 0.429. The molecule has 0 atom stereocenters. The quantitative estimate of drug-likeness (QED) is 0.595. The van der Waals surface area contributed by atoms with Crippen molar-refractivity contribution < 1.29 is 14.6 Å². The van der Waals surface area contributed by atoms with Crippen LogP contribution in [-0.4, -0.2) is 40.1 Å². The molecule has 0 saturated heterocycles. The van der Waals surface area contributed by atoms with Crippen molar-refractivity contribution in [1.29, 1.82) is 0 Å². The highest BCUT2D eigenvalue weighted by Gasteiger charge is 2.14. The van der Waals surface area contributed by atoms with Crippen molar-refractivity contribution in [3.8, 4) is 0 Å². The average molecular weight is 329 g/mol. The Kier molecular flexibility index (Phi) is 5.90. The third kappa shape index (κ3) is 4.12. The summed E-state index contributed by atoms with van der Waals surface area (Å²) in [4.78, 5) is 15.3. The first-order valence-electron chi connectivity index (χ1n) is 6.61. The number of nitrogens with zero attached hydrogens (tertiary/aromatic N) is 2. The van der Waals surface area contributed by atoms with Crippen LogP contribution in [0, 0.1) is 0 Å². The molecule has 114 valence electrons. The van der Waals surface area contributed by atoms with Gasteiger partial charge < -0.3 is 14.4 Å². The van der Waals surface area contributed by atoms with Crippen LogP contribution < -0.4 is 0 Å². The van der Waals surface area contributed by atoms with Gasteiger partial charge in [0.05, 0.1) is 21.8 Å². The maximum Gasteiger partial charge on any atom is 0.313 e. The SMILES string of the molecule is COCCCCn1c(SCC(=O)O)nc2cccc(Cl)c21. The van der Waals surface area contributed by atoms with Crippen LogP contribution in [0.4, 0.5) is 0 Å². The molecule has 1 N–H and O–H groups in total. The highest BCUT2D eigenvalue weighted by Crippen LogP contribution is 2.29. The Morgan fingerprint density at radius 2 is 2.29 bits per heavy atom. The highest BCUT2D eigenvalue weighted by atomic mass is 35.5. The van der Waals surface area contributed by atoms with Gasteiger partial charge in [-0.05, 0) is 25.0 Å². The smallest absolute Gasteiger partial charge is 0.313 e. The standard InChI is InChI=1S/C14H17ClN2O3S/c1-20-8-3-2-7-17-13-10(15)5-4-6-11(13)16-14(17)21-9-12(18)19/h4-6H,2-3,7-9H2,1H3,(H,18,19). The van der Waals surface area contributed by atoms with E-state index in [2.05, 4.69) is 4.98 Å². The molecule has 0 radical (unpaired) electrons. The van der Waals surface area contributed by atoms with Gasteiger partial charge in [-0.1, -0.05) is 29.4 Å². The fourth-order valence-corrected chi connectivity index (χ4v) is 3.11. The van der Waals surface area contributed by atoms with Gasteiger partial charge in [0.2, 0.25) is 0 Å². The van der Waals surface area contributed by atoms with Crippen LogP contribution in [0.25, 0.3) is 11.0 Å². The minimum atomic E-state index is -0.857. The molecule has 21 heavy (non-hydrogen) atoms. The topological polar surface area (TPSA) is 64.3 Å². The van der Waals surface area contributed by atoms with Gasteiger partial charge in [-0.3, -0.25) is 4.79 Å². The van der Waals surface area contributed by atoms with Crippen LogP contribution in [0.2, 0.25) is 5.02 Å². The number of thioether (sulfide) groups is 1. The van der Waals surface area contributed by atoms with E-state index in [1.54, 1.807) is 7.11 Å². The summed E-state index contributed by atoms with van der Waals surface area (Å²) in [5.41, 5.74) is 1.66. The summed E-state index contributed by atoms with van der Waals surface area (Å²) in [5.74, 6) is -0.872. The van der Waals surface area contributed by atoms with Crippen molar-refractivity contribution in [3.05, 3.63) is 23.2 Å². The lowest BCUT2D eigenvalue weighted by Crippen LogP contribution is -2.04. The number of imidazole rings is 1. The molecular weight excluding hydrogens is 312 g/mol. The van der Waals surface area contributed by atoms with Crippen molar-refractivity contribution in [2.75, 3.05) is 19.5 Å². The second-order valence-corrected chi connectivity index (χ2v) is 5.89. The van der Waals surface area contributed by atoms with Gasteiger partial charge >= 0.3 is 5.97 Å². The molecule has 1 aromatic heterocycles. The lowest BCUT2D eigenvalue weighted by Gasteiger charge is -2.09. The van der Waals surface area contributed by atoms with E-state index < -0.39 is 5.97 Å². The minimum absolute atomic E-state index is 0.0149. The van der Waals surface area contributed by atoms with E-state index in [0.717, 1.165) is 30.4 Å². The van der Waals surface area contributed by atoms with E-state index in [4.69, 9.17) is 21.4 Å².